The van der Waals surface area contributed by atoms with Gasteiger partial charge in [-0.25, -0.2) is 22.7 Å². The lowest BCUT2D eigenvalue weighted by atomic mass is 10.2. The van der Waals surface area contributed by atoms with E-state index >= 15 is 0 Å². The lowest BCUT2D eigenvalue weighted by Crippen LogP contribution is -2.24. The largest absolute Gasteiger partial charge is 0.465 e. The number of methoxy groups -OCH3 is 1. The Hall–Kier alpha value is -4.02. The average molecular weight is 483 g/mol. The third-order valence-electron chi connectivity index (χ3n) is 4.59. The lowest BCUT2D eigenvalue weighted by molar-refractivity contribution is -0.119. The predicted octanol–water partition coefficient (Wildman–Crippen LogP) is 2.75. The SMILES string of the molecule is COC(=O)c1cccc(NC(=O)COC(=O)c2cccc(S(=O)(=O)NCc3ccccc3)c2)c1. The molecule has 3 aromatic rings. The number of hydrogen-bond donors (Lipinski definition) is 2. The molecular formula is C24H22N2O7S. The minimum Gasteiger partial charge on any atom is -0.465 e. The lowest BCUT2D eigenvalue weighted by Gasteiger charge is -2.10. The van der Waals surface area contributed by atoms with Crippen LogP contribution in [-0.4, -0.2) is 40.0 Å². The molecule has 3 aromatic carbocycles. The highest BCUT2D eigenvalue weighted by molar-refractivity contribution is 7.89. The van der Waals surface area contributed by atoms with Crippen molar-refractivity contribution < 1.29 is 32.3 Å². The van der Waals surface area contributed by atoms with Crippen molar-refractivity contribution in [2.24, 2.45) is 0 Å². The summed E-state index contributed by atoms with van der Waals surface area (Å²) >= 11 is 0. The highest BCUT2D eigenvalue weighted by atomic mass is 32.2. The fraction of sp³-hybridized carbons (Fsp3) is 0.125. The van der Waals surface area contributed by atoms with E-state index in [0.717, 1.165) is 5.56 Å². The first-order chi connectivity index (χ1) is 16.3. The van der Waals surface area contributed by atoms with Crippen molar-refractivity contribution in [3.05, 3.63) is 95.6 Å². The van der Waals surface area contributed by atoms with Gasteiger partial charge < -0.3 is 14.8 Å². The van der Waals surface area contributed by atoms with Crippen LogP contribution in [0.2, 0.25) is 0 Å². The zero-order chi connectivity index (χ0) is 24.6. The fourth-order valence-corrected chi connectivity index (χ4v) is 3.96. The van der Waals surface area contributed by atoms with Crippen molar-refractivity contribution >= 4 is 33.6 Å². The van der Waals surface area contributed by atoms with Gasteiger partial charge >= 0.3 is 11.9 Å². The Morgan fingerprint density at radius 2 is 1.50 bits per heavy atom. The van der Waals surface area contributed by atoms with Crippen molar-refractivity contribution in [3.8, 4) is 0 Å². The quantitative estimate of drug-likeness (QED) is 0.449. The molecule has 0 spiro atoms. The molecule has 0 saturated carbocycles. The summed E-state index contributed by atoms with van der Waals surface area (Å²) in [5, 5.41) is 2.51. The van der Waals surface area contributed by atoms with Gasteiger partial charge in [-0.3, -0.25) is 4.79 Å². The van der Waals surface area contributed by atoms with Gasteiger partial charge in [-0.15, -0.1) is 0 Å². The van der Waals surface area contributed by atoms with Gasteiger partial charge in [0, 0.05) is 12.2 Å². The Balaban J connectivity index is 1.58. The molecule has 0 unspecified atom stereocenters. The molecule has 0 bridgehead atoms. The van der Waals surface area contributed by atoms with E-state index in [9.17, 15) is 22.8 Å². The van der Waals surface area contributed by atoms with Gasteiger partial charge in [0.05, 0.1) is 23.1 Å². The van der Waals surface area contributed by atoms with Crippen molar-refractivity contribution in [1.82, 2.24) is 4.72 Å². The van der Waals surface area contributed by atoms with Crippen LogP contribution in [0.1, 0.15) is 26.3 Å². The van der Waals surface area contributed by atoms with Crippen molar-refractivity contribution in [2.75, 3.05) is 19.0 Å². The van der Waals surface area contributed by atoms with E-state index < -0.39 is 34.5 Å². The Bertz CT molecular complexity index is 1290. The molecule has 0 aliphatic rings. The summed E-state index contributed by atoms with van der Waals surface area (Å²) in [7, 11) is -2.63. The molecule has 0 saturated heterocycles. The average Bonchev–Trinajstić information content (AvgIpc) is 2.86. The van der Waals surface area contributed by atoms with Crippen LogP contribution in [0.3, 0.4) is 0 Å². The zero-order valence-corrected chi connectivity index (χ0v) is 19.0. The van der Waals surface area contributed by atoms with Crippen LogP contribution in [0, 0.1) is 0 Å². The van der Waals surface area contributed by atoms with Crippen LogP contribution in [0.25, 0.3) is 0 Å². The van der Waals surface area contributed by atoms with E-state index in [0.29, 0.717) is 5.69 Å². The number of ether oxygens (including phenoxy) is 2. The predicted molar refractivity (Wildman–Crippen MR) is 124 cm³/mol. The minimum atomic E-state index is -3.87. The molecule has 3 rings (SSSR count). The molecule has 0 aromatic heterocycles. The summed E-state index contributed by atoms with van der Waals surface area (Å²) in [6, 6.07) is 20.4. The molecule has 9 nitrogen and oxygen atoms in total. The summed E-state index contributed by atoms with van der Waals surface area (Å²) < 4.78 is 37.3. The third-order valence-corrected chi connectivity index (χ3v) is 5.99. The number of rotatable bonds is 9. The Morgan fingerprint density at radius 3 is 2.21 bits per heavy atom. The summed E-state index contributed by atoms with van der Waals surface area (Å²) in [4.78, 5) is 36.0. The second kappa shape index (κ2) is 11.2. The number of carbonyl (C=O) groups excluding carboxylic acids is 3. The number of carbonyl (C=O) groups is 3. The van der Waals surface area contributed by atoms with Crippen molar-refractivity contribution in [1.29, 1.82) is 0 Å². The second-order valence-electron chi connectivity index (χ2n) is 7.03. The number of benzene rings is 3. The minimum absolute atomic E-state index is 0.0249. The third kappa shape index (κ3) is 6.74. The van der Waals surface area contributed by atoms with Gasteiger partial charge in [0.2, 0.25) is 10.0 Å². The standard InChI is InChI=1S/C24H22N2O7S/c1-32-23(28)18-9-5-11-20(13-18)26-22(27)16-33-24(29)19-10-6-12-21(14-19)34(30,31)25-15-17-7-3-2-4-8-17/h2-14,25H,15-16H2,1H3,(H,26,27). The maximum Gasteiger partial charge on any atom is 0.338 e. The van der Waals surface area contributed by atoms with Crippen LogP contribution in [-0.2, 0) is 30.8 Å². The molecule has 1 amide bonds. The highest BCUT2D eigenvalue weighted by Crippen LogP contribution is 2.14. The second-order valence-corrected chi connectivity index (χ2v) is 8.80. The molecule has 176 valence electrons. The van der Waals surface area contributed by atoms with Crippen LogP contribution in [0.15, 0.2) is 83.8 Å². The smallest absolute Gasteiger partial charge is 0.338 e. The molecular weight excluding hydrogens is 460 g/mol. The van der Waals surface area contributed by atoms with Gasteiger partial charge in [-0.05, 0) is 42.0 Å². The summed E-state index contributed by atoms with van der Waals surface area (Å²) in [6.45, 7) is -0.514. The fourth-order valence-electron chi connectivity index (χ4n) is 2.90. The Kier molecular flexibility index (Phi) is 8.12. The van der Waals surface area contributed by atoms with E-state index in [2.05, 4.69) is 14.8 Å². The number of sulfonamides is 1. The van der Waals surface area contributed by atoms with E-state index in [1.165, 1.54) is 43.5 Å². The van der Waals surface area contributed by atoms with E-state index in [-0.39, 0.29) is 22.6 Å². The van der Waals surface area contributed by atoms with Crippen LogP contribution in [0.5, 0.6) is 0 Å². The number of anilines is 1. The van der Waals surface area contributed by atoms with Crippen LogP contribution in [0.4, 0.5) is 5.69 Å². The number of nitrogens with one attached hydrogen (secondary N) is 2. The number of esters is 2. The first-order valence-electron chi connectivity index (χ1n) is 10.1. The molecule has 0 heterocycles. The first-order valence-corrected chi connectivity index (χ1v) is 11.6. The Labute approximate surface area is 196 Å². The summed E-state index contributed by atoms with van der Waals surface area (Å²) in [5.74, 6) is -2.06. The Morgan fingerprint density at radius 1 is 0.824 bits per heavy atom. The van der Waals surface area contributed by atoms with Gasteiger partial charge in [0.25, 0.3) is 5.91 Å². The molecule has 0 fully saturated rings. The molecule has 2 N–H and O–H groups in total. The highest BCUT2D eigenvalue weighted by Gasteiger charge is 2.18. The maximum atomic E-state index is 12.6. The monoisotopic (exact) mass is 482 g/mol. The first kappa shape index (κ1) is 24.6. The normalized spacial score (nSPS) is 10.9. The number of hydrogen-bond acceptors (Lipinski definition) is 7. The van der Waals surface area contributed by atoms with Gasteiger partial charge in [-0.1, -0.05) is 42.5 Å². The van der Waals surface area contributed by atoms with E-state index in [4.69, 9.17) is 4.74 Å². The molecule has 0 radical (unpaired) electrons. The summed E-state index contributed by atoms with van der Waals surface area (Å²) in [5.41, 5.74) is 1.32. The van der Waals surface area contributed by atoms with Crippen molar-refractivity contribution in [2.45, 2.75) is 11.4 Å². The molecule has 0 aliphatic carbocycles. The molecule has 0 atom stereocenters. The van der Waals surface area contributed by atoms with E-state index in [1.807, 2.05) is 6.07 Å². The van der Waals surface area contributed by atoms with Gasteiger partial charge in [0.15, 0.2) is 6.61 Å². The van der Waals surface area contributed by atoms with Crippen LogP contribution < -0.4 is 10.0 Å². The molecule has 10 heteroatoms. The maximum absolute atomic E-state index is 12.6. The topological polar surface area (TPSA) is 128 Å². The van der Waals surface area contributed by atoms with Gasteiger partial charge in [-0.2, -0.15) is 0 Å². The van der Waals surface area contributed by atoms with E-state index in [1.54, 1.807) is 36.4 Å². The van der Waals surface area contributed by atoms with Crippen molar-refractivity contribution in [3.63, 3.8) is 0 Å². The van der Waals surface area contributed by atoms with Gasteiger partial charge in [0.1, 0.15) is 0 Å². The zero-order valence-electron chi connectivity index (χ0n) is 18.2. The number of amides is 1. The molecule has 0 aliphatic heterocycles. The van der Waals surface area contributed by atoms with Crippen LogP contribution >= 0.6 is 0 Å². The summed E-state index contributed by atoms with van der Waals surface area (Å²) in [6.07, 6.45) is 0. The molecule has 34 heavy (non-hydrogen) atoms.